The molecule has 1 atom stereocenters. The van der Waals surface area contributed by atoms with Crippen molar-refractivity contribution in [3.63, 3.8) is 0 Å². The van der Waals surface area contributed by atoms with Gasteiger partial charge in [0.15, 0.2) is 0 Å². The number of nitrogen functional groups attached to an aromatic ring is 2. The van der Waals surface area contributed by atoms with Crippen LogP contribution in [-0.4, -0.2) is 37.1 Å². The number of nitrogens with two attached hydrogens (primary N) is 2. The Morgan fingerprint density at radius 3 is 2.67 bits per heavy atom. The third-order valence-corrected chi connectivity index (χ3v) is 4.24. The van der Waals surface area contributed by atoms with Crippen LogP contribution < -0.4 is 16.4 Å². The van der Waals surface area contributed by atoms with E-state index in [0.717, 1.165) is 19.1 Å². The first-order valence-electron chi connectivity index (χ1n) is 6.88. The van der Waals surface area contributed by atoms with Gasteiger partial charge < -0.3 is 16.4 Å². The van der Waals surface area contributed by atoms with Crippen LogP contribution in [0.2, 0.25) is 0 Å². The molecule has 1 aromatic rings. The number of benzene rings is 1. The molecule has 2 aliphatic rings. The molecule has 4 heteroatoms. The lowest BCUT2D eigenvalue weighted by molar-refractivity contribution is 0.273. The molecule has 98 valence electrons. The minimum absolute atomic E-state index is 0.677. The standard InChI is InChI=1S/C14H22N4/c15-13-5-4-11(9-14(13)16)18-8-2-7-17-6-1-3-12(17)10-18/h4-5,9,12H,1-3,6-8,10,15-16H2. The van der Waals surface area contributed by atoms with Crippen LogP contribution >= 0.6 is 0 Å². The van der Waals surface area contributed by atoms with Gasteiger partial charge in [-0.2, -0.15) is 0 Å². The minimum Gasteiger partial charge on any atom is -0.397 e. The predicted octanol–water partition coefficient (Wildman–Crippen LogP) is 1.53. The molecule has 0 aliphatic carbocycles. The Morgan fingerprint density at radius 1 is 1.00 bits per heavy atom. The molecule has 4 nitrogen and oxygen atoms in total. The van der Waals surface area contributed by atoms with E-state index in [9.17, 15) is 0 Å². The summed E-state index contributed by atoms with van der Waals surface area (Å²) >= 11 is 0. The topological polar surface area (TPSA) is 58.5 Å². The van der Waals surface area contributed by atoms with E-state index < -0.39 is 0 Å². The van der Waals surface area contributed by atoms with Crippen LogP contribution in [0.3, 0.4) is 0 Å². The molecule has 18 heavy (non-hydrogen) atoms. The largest absolute Gasteiger partial charge is 0.397 e. The second-order valence-electron chi connectivity index (χ2n) is 5.44. The van der Waals surface area contributed by atoms with E-state index in [2.05, 4.69) is 15.9 Å². The van der Waals surface area contributed by atoms with E-state index in [0.29, 0.717) is 11.4 Å². The zero-order valence-electron chi connectivity index (χ0n) is 10.8. The van der Waals surface area contributed by atoms with Crippen molar-refractivity contribution in [1.29, 1.82) is 0 Å². The molecule has 0 radical (unpaired) electrons. The van der Waals surface area contributed by atoms with Crippen molar-refractivity contribution in [2.24, 2.45) is 0 Å². The Hall–Kier alpha value is -1.42. The summed E-state index contributed by atoms with van der Waals surface area (Å²) in [5.41, 5.74) is 14.3. The minimum atomic E-state index is 0.677. The highest BCUT2D eigenvalue weighted by molar-refractivity contribution is 5.69. The Kier molecular flexibility index (Phi) is 3.04. The van der Waals surface area contributed by atoms with Crippen LogP contribution in [0, 0.1) is 0 Å². The fourth-order valence-corrected chi connectivity index (χ4v) is 3.20. The number of anilines is 3. The molecule has 3 rings (SSSR count). The molecule has 1 aromatic carbocycles. The summed E-state index contributed by atoms with van der Waals surface area (Å²) in [6.45, 7) is 4.77. The summed E-state index contributed by atoms with van der Waals surface area (Å²) < 4.78 is 0. The van der Waals surface area contributed by atoms with Crippen molar-refractivity contribution in [2.45, 2.75) is 25.3 Å². The van der Waals surface area contributed by atoms with E-state index in [1.807, 2.05) is 12.1 Å². The Labute approximate surface area is 109 Å². The molecule has 0 bridgehead atoms. The molecule has 4 N–H and O–H groups in total. The second-order valence-corrected chi connectivity index (χ2v) is 5.44. The number of hydrogen-bond acceptors (Lipinski definition) is 4. The Bertz CT molecular complexity index is 432. The summed E-state index contributed by atoms with van der Waals surface area (Å²) in [6.07, 6.45) is 3.92. The maximum Gasteiger partial charge on any atom is 0.0568 e. The quantitative estimate of drug-likeness (QED) is 0.738. The highest BCUT2D eigenvalue weighted by atomic mass is 15.3. The van der Waals surface area contributed by atoms with Gasteiger partial charge in [-0.05, 0) is 44.0 Å². The van der Waals surface area contributed by atoms with Gasteiger partial charge in [0.25, 0.3) is 0 Å². The molecular weight excluding hydrogens is 224 g/mol. The van der Waals surface area contributed by atoms with Crippen molar-refractivity contribution in [3.8, 4) is 0 Å². The van der Waals surface area contributed by atoms with Gasteiger partial charge in [-0.3, -0.25) is 4.90 Å². The Balaban J connectivity index is 1.80. The van der Waals surface area contributed by atoms with Gasteiger partial charge in [0.05, 0.1) is 11.4 Å². The fraction of sp³-hybridized carbons (Fsp3) is 0.571. The molecular formula is C14H22N4. The van der Waals surface area contributed by atoms with Gasteiger partial charge in [-0.1, -0.05) is 0 Å². The van der Waals surface area contributed by atoms with E-state index in [1.165, 1.54) is 38.0 Å². The van der Waals surface area contributed by atoms with Gasteiger partial charge in [0.2, 0.25) is 0 Å². The first-order valence-corrected chi connectivity index (χ1v) is 6.88. The lowest BCUT2D eigenvalue weighted by Crippen LogP contribution is -2.36. The van der Waals surface area contributed by atoms with Crippen molar-refractivity contribution >= 4 is 17.1 Å². The zero-order chi connectivity index (χ0) is 12.5. The lowest BCUT2D eigenvalue weighted by atomic mass is 10.2. The van der Waals surface area contributed by atoms with Gasteiger partial charge in [0, 0.05) is 31.4 Å². The Morgan fingerprint density at radius 2 is 1.83 bits per heavy atom. The molecule has 0 amide bonds. The van der Waals surface area contributed by atoms with E-state index >= 15 is 0 Å². The highest BCUT2D eigenvalue weighted by Crippen LogP contribution is 2.27. The van der Waals surface area contributed by atoms with Crippen molar-refractivity contribution in [3.05, 3.63) is 18.2 Å². The van der Waals surface area contributed by atoms with Crippen LogP contribution in [0.4, 0.5) is 17.1 Å². The lowest BCUT2D eigenvalue weighted by Gasteiger charge is -2.27. The molecule has 1 unspecified atom stereocenters. The molecule has 2 aliphatic heterocycles. The highest BCUT2D eigenvalue weighted by Gasteiger charge is 2.28. The maximum absolute atomic E-state index is 5.91. The van der Waals surface area contributed by atoms with Crippen molar-refractivity contribution in [2.75, 3.05) is 42.5 Å². The number of hydrogen-bond donors (Lipinski definition) is 2. The molecule has 0 saturated carbocycles. The van der Waals surface area contributed by atoms with Gasteiger partial charge in [0.1, 0.15) is 0 Å². The molecule has 2 saturated heterocycles. The van der Waals surface area contributed by atoms with Crippen LogP contribution in [0.5, 0.6) is 0 Å². The first kappa shape index (κ1) is 11.7. The van der Waals surface area contributed by atoms with Crippen LogP contribution in [0.25, 0.3) is 0 Å². The molecule has 0 spiro atoms. The van der Waals surface area contributed by atoms with Gasteiger partial charge in [-0.25, -0.2) is 0 Å². The second kappa shape index (κ2) is 4.69. The molecule has 2 fully saturated rings. The van der Waals surface area contributed by atoms with Gasteiger partial charge >= 0.3 is 0 Å². The monoisotopic (exact) mass is 246 g/mol. The summed E-state index contributed by atoms with van der Waals surface area (Å²) in [4.78, 5) is 5.10. The summed E-state index contributed by atoms with van der Waals surface area (Å²) in [6, 6.07) is 6.75. The van der Waals surface area contributed by atoms with E-state index in [4.69, 9.17) is 11.5 Å². The fourth-order valence-electron chi connectivity index (χ4n) is 3.20. The van der Waals surface area contributed by atoms with Crippen LogP contribution in [0.1, 0.15) is 19.3 Å². The SMILES string of the molecule is Nc1ccc(N2CCCN3CCCC3C2)cc1N. The van der Waals surface area contributed by atoms with Crippen LogP contribution in [-0.2, 0) is 0 Å². The normalized spacial score (nSPS) is 24.9. The summed E-state index contributed by atoms with van der Waals surface area (Å²) in [5.74, 6) is 0. The van der Waals surface area contributed by atoms with Crippen LogP contribution in [0.15, 0.2) is 18.2 Å². The predicted molar refractivity (Wildman–Crippen MR) is 76.7 cm³/mol. The third-order valence-electron chi connectivity index (χ3n) is 4.24. The van der Waals surface area contributed by atoms with Gasteiger partial charge in [-0.15, -0.1) is 0 Å². The zero-order valence-corrected chi connectivity index (χ0v) is 10.8. The maximum atomic E-state index is 5.91. The van der Waals surface area contributed by atoms with Crippen molar-refractivity contribution < 1.29 is 0 Å². The third kappa shape index (κ3) is 2.12. The smallest absolute Gasteiger partial charge is 0.0568 e. The van der Waals surface area contributed by atoms with E-state index in [1.54, 1.807) is 0 Å². The number of fused-ring (bicyclic) bond motifs is 1. The van der Waals surface area contributed by atoms with Crippen molar-refractivity contribution in [1.82, 2.24) is 4.90 Å². The average molecular weight is 246 g/mol. The molecule has 2 heterocycles. The summed E-state index contributed by atoms with van der Waals surface area (Å²) in [7, 11) is 0. The molecule has 0 aromatic heterocycles. The first-order chi connectivity index (χ1) is 8.74. The van der Waals surface area contributed by atoms with E-state index in [-0.39, 0.29) is 0 Å². The average Bonchev–Trinajstić information content (AvgIpc) is 2.70. The summed E-state index contributed by atoms with van der Waals surface area (Å²) in [5, 5.41) is 0. The number of nitrogens with zero attached hydrogens (tertiary/aromatic N) is 2. The number of rotatable bonds is 1.